The van der Waals surface area contributed by atoms with Gasteiger partial charge in [0.25, 0.3) is 0 Å². The fraction of sp³-hybridized carbons (Fsp3) is 0.619. The van der Waals surface area contributed by atoms with Crippen molar-refractivity contribution in [2.45, 2.75) is 64.1 Å². The molecule has 1 atom stereocenters. The molecule has 5 rings (SSSR count). The second kappa shape index (κ2) is 8.31. The van der Waals surface area contributed by atoms with E-state index in [1.165, 1.54) is 12.0 Å². The number of hydrogen-bond acceptors (Lipinski definition) is 7. The summed E-state index contributed by atoms with van der Waals surface area (Å²) < 4.78 is 14.8. The van der Waals surface area contributed by atoms with Crippen molar-refractivity contribution in [2.24, 2.45) is 0 Å². The van der Waals surface area contributed by atoms with E-state index >= 15 is 0 Å². The van der Waals surface area contributed by atoms with Gasteiger partial charge in [-0.25, -0.2) is 14.2 Å². The molecule has 3 aromatic heterocycles. The minimum atomic E-state index is -0.108. The predicted molar refractivity (Wildman–Crippen MR) is 112 cm³/mol. The van der Waals surface area contributed by atoms with E-state index in [9.17, 15) is 0 Å². The van der Waals surface area contributed by atoms with E-state index in [-0.39, 0.29) is 6.23 Å². The minimum Gasteiger partial charge on any atom is -0.381 e. The van der Waals surface area contributed by atoms with Crippen LogP contribution in [0.25, 0.3) is 16.9 Å². The Morgan fingerprint density at radius 1 is 1.27 bits per heavy atom. The van der Waals surface area contributed by atoms with E-state index in [2.05, 4.69) is 15.5 Å². The van der Waals surface area contributed by atoms with Crippen LogP contribution in [0.5, 0.6) is 0 Å². The number of aromatic nitrogens is 6. The van der Waals surface area contributed by atoms with E-state index in [0.717, 1.165) is 55.8 Å². The molecule has 0 bridgehead atoms. The van der Waals surface area contributed by atoms with Crippen LogP contribution < -0.4 is 5.32 Å². The number of anilines is 1. The first kappa shape index (κ1) is 19.4. The lowest BCUT2D eigenvalue weighted by molar-refractivity contribution is 0.0160. The summed E-state index contributed by atoms with van der Waals surface area (Å²) in [5.41, 5.74) is 4.02. The summed E-state index contributed by atoms with van der Waals surface area (Å²) >= 11 is 0. The van der Waals surface area contributed by atoms with Crippen LogP contribution in [0.2, 0.25) is 0 Å². The highest BCUT2D eigenvalue weighted by Crippen LogP contribution is 2.42. The van der Waals surface area contributed by atoms with Gasteiger partial charge >= 0.3 is 0 Å². The number of fused-ring (bicyclic) bond motifs is 1. The summed E-state index contributed by atoms with van der Waals surface area (Å²) in [6.07, 6.45) is 11.1. The zero-order valence-electron chi connectivity index (χ0n) is 17.6. The SMILES string of the molecule is CCOC(C)n1cc(-c2ncn3nc(NC4CCOCC4)nc3c2C2CCC2)cn1. The maximum atomic E-state index is 5.67. The van der Waals surface area contributed by atoms with Gasteiger partial charge in [0.05, 0.1) is 11.9 Å². The van der Waals surface area contributed by atoms with Gasteiger partial charge in [0, 0.05) is 43.2 Å². The van der Waals surface area contributed by atoms with Gasteiger partial charge < -0.3 is 14.8 Å². The fourth-order valence-corrected chi connectivity index (χ4v) is 4.24. The highest BCUT2D eigenvalue weighted by molar-refractivity contribution is 5.70. The molecule has 0 amide bonds. The first-order chi connectivity index (χ1) is 14.7. The highest BCUT2D eigenvalue weighted by atomic mass is 16.5. The number of rotatable bonds is 7. The van der Waals surface area contributed by atoms with E-state index in [1.54, 1.807) is 6.33 Å². The topological polar surface area (TPSA) is 91.4 Å². The third-order valence-electron chi connectivity index (χ3n) is 6.15. The molecular weight excluding hydrogens is 382 g/mol. The summed E-state index contributed by atoms with van der Waals surface area (Å²) in [5, 5.41) is 12.6. The summed E-state index contributed by atoms with van der Waals surface area (Å²) in [6.45, 7) is 6.21. The molecule has 0 aromatic carbocycles. The monoisotopic (exact) mass is 411 g/mol. The lowest BCUT2D eigenvalue weighted by atomic mass is 9.79. The van der Waals surface area contributed by atoms with Gasteiger partial charge in [0.1, 0.15) is 12.6 Å². The van der Waals surface area contributed by atoms with Crippen LogP contribution in [0.15, 0.2) is 18.7 Å². The second-order valence-electron chi connectivity index (χ2n) is 8.13. The predicted octanol–water partition coefficient (Wildman–Crippen LogP) is 3.40. The summed E-state index contributed by atoms with van der Waals surface area (Å²) in [5.74, 6) is 1.13. The van der Waals surface area contributed by atoms with Gasteiger partial charge in [0.15, 0.2) is 5.65 Å². The van der Waals surface area contributed by atoms with Crippen molar-refractivity contribution in [3.63, 3.8) is 0 Å². The van der Waals surface area contributed by atoms with Gasteiger partial charge in [-0.1, -0.05) is 6.42 Å². The molecule has 1 N–H and O–H groups in total. The fourth-order valence-electron chi connectivity index (χ4n) is 4.24. The molecule has 0 spiro atoms. The maximum Gasteiger partial charge on any atom is 0.243 e. The van der Waals surface area contributed by atoms with Gasteiger partial charge in [-0.15, -0.1) is 5.10 Å². The van der Waals surface area contributed by atoms with Crippen LogP contribution in [-0.4, -0.2) is 55.2 Å². The molecule has 2 fully saturated rings. The first-order valence-corrected chi connectivity index (χ1v) is 11.0. The average Bonchev–Trinajstić information content (AvgIpc) is 3.35. The molecule has 2 aliphatic rings. The Hall–Kier alpha value is -2.52. The Labute approximate surface area is 175 Å². The van der Waals surface area contributed by atoms with Crippen molar-refractivity contribution in [3.05, 3.63) is 24.3 Å². The Balaban J connectivity index is 1.50. The summed E-state index contributed by atoms with van der Waals surface area (Å²) in [4.78, 5) is 9.65. The molecular formula is C21H29N7O2. The molecule has 0 radical (unpaired) electrons. The van der Waals surface area contributed by atoms with Crippen LogP contribution in [0.4, 0.5) is 5.95 Å². The molecule has 160 valence electrons. The van der Waals surface area contributed by atoms with E-state index in [1.807, 2.05) is 35.4 Å². The lowest BCUT2D eigenvalue weighted by Gasteiger charge is -2.27. The number of hydrogen-bond donors (Lipinski definition) is 1. The Morgan fingerprint density at radius 2 is 2.10 bits per heavy atom. The molecule has 1 aliphatic heterocycles. The third-order valence-corrected chi connectivity index (χ3v) is 6.15. The molecule has 1 saturated heterocycles. The molecule has 4 heterocycles. The van der Waals surface area contributed by atoms with Crippen LogP contribution in [-0.2, 0) is 9.47 Å². The average molecular weight is 412 g/mol. The number of nitrogens with one attached hydrogen (secondary N) is 1. The number of nitrogens with zero attached hydrogens (tertiary/aromatic N) is 6. The smallest absolute Gasteiger partial charge is 0.243 e. The molecule has 30 heavy (non-hydrogen) atoms. The van der Waals surface area contributed by atoms with Crippen LogP contribution >= 0.6 is 0 Å². The Morgan fingerprint density at radius 3 is 2.83 bits per heavy atom. The van der Waals surface area contributed by atoms with Crippen molar-refractivity contribution in [3.8, 4) is 11.3 Å². The Bertz CT molecular complexity index is 1000. The normalized spacial score (nSPS) is 19.1. The maximum absolute atomic E-state index is 5.67. The molecule has 1 aliphatic carbocycles. The minimum absolute atomic E-state index is 0.108. The Kier molecular flexibility index (Phi) is 5.39. The molecule has 1 unspecified atom stereocenters. The molecule has 1 saturated carbocycles. The van der Waals surface area contributed by atoms with Gasteiger partial charge in [0.2, 0.25) is 5.95 Å². The van der Waals surface area contributed by atoms with Crippen molar-refractivity contribution in [1.29, 1.82) is 0 Å². The van der Waals surface area contributed by atoms with Crippen LogP contribution in [0, 0.1) is 0 Å². The van der Waals surface area contributed by atoms with Crippen molar-refractivity contribution < 1.29 is 9.47 Å². The first-order valence-electron chi connectivity index (χ1n) is 11.0. The highest BCUT2D eigenvalue weighted by Gasteiger charge is 2.29. The zero-order chi connectivity index (χ0) is 20.5. The quantitative estimate of drug-likeness (QED) is 0.637. The van der Waals surface area contributed by atoms with E-state index < -0.39 is 0 Å². The third kappa shape index (κ3) is 3.67. The summed E-state index contributed by atoms with van der Waals surface area (Å²) in [6, 6.07) is 0.356. The van der Waals surface area contributed by atoms with Crippen molar-refractivity contribution in [2.75, 3.05) is 25.1 Å². The van der Waals surface area contributed by atoms with Crippen LogP contribution in [0.3, 0.4) is 0 Å². The van der Waals surface area contributed by atoms with Crippen molar-refractivity contribution >= 4 is 11.6 Å². The standard InChI is InChI=1S/C21H29N7O2/c1-3-30-14(2)27-12-16(11-23-27)19-18(15-5-4-6-15)20-25-21(26-28(20)13-22-19)24-17-7-9-29-10-8-17/h11-15,17H,3-10H2,1-2H3,(H,24,26). The largest absolute Gasteiger partial charge is 0.381 e. The molecule has 9 heteroatoms. The molecule has 3 aromatic rings. The van der Waals surface area contributed by atoms with Crippen LogP contribution in [0.1, 0.15) is 63.7 Å². The number of ether oxygens (including phenoxy) is 2. The van der Waals surface area contributed by atoms with Gasteiger partial charge in [-0.2, -0.15) is 10.1 Å². The summed E-state index contributed by atoms with van der Waals surface area (Å²) in [7, 11) is 0. The second-order valence-corrected chi connectivity index (χ2v) is 8.13. The van der Waals surface area contributed by atoms with Gasteiger partial charge in [-0.05, 0) is 45.4 Å². The van der Waals surface area contributed by atoms with Crippen molar-refractivity contribution in [1.82, 2.24) is 29.4 Å². The van der Waals surface area contributed by atoms with E-state index in [0.29, 0.717) is 24.5 Å². The lowest BCUT2D eigenvalue weighted by Crippen LogP contribution is -2.28. The van der Waals surface area contributed by atoms with E-state index in [4.69, 9.17) is 19.4 Å². The zero-order valence-corrected chi connectivity index (χ0v) is 17.6. The van der Waals surface area contributed by atoms with Gasteiger partial charge in [-0.3, -0.25) is 0 Å². The molecule has 9 nitrogen and oxygen atoms in total.